The first-order valence-corrected chi connectivity index (χ1v) is 14.8. The van der Waals surface area contributed by atoms with Crippen molar-refractivity contribution in [3.05, 3.63) is 33.5 Å². The molecule has 2 aliphatic heterocycles. The number of carbonyl (C=O) groups excluding carboxylic acids is 1. The number of piperidine rings is 1. The Morgan fingerprint density at radius 2 is 1.84 bits per heavy atom. The summed E-state index contributed by atoms with van der Waals surface area (Å²) in [5, 5.41) is 21.4. The van der Waals surface area contributed by atoms with Crippen LogP contribution in [0.4, 0.5) is 8.78 Å². The van der Waals surface area contributed by atoms with Crippen molar-refractivity contribution < 1.29 is 13.6 Å². The van der Waals surface area contributed by atoms with Gasteiger partial charge in [-0.2, -0.15) is 5.26 Å². The number of aryl methyl sites for hydroxylation is 1. The fourth-order valence-electron chi connectivity index (χ4n) is 6.81. The molecule has 1 amide bonds. The van der Waals surface area contributed by atoms with Crippen LogP contribution in [0.2, 0.25) is 0 Å². The third-order valence-electron chi connectivity index (χ3n) is 8.79. The number of carbonyl (C=O) groups is 1. The van der Waals surface area contributed by atoms with Crippen molar-refractivity contribution in [1.29, 1.82) is 5.26 Å². The second kappa shape index (κ2) is 11.0. The van der Waals surface area contributed by atoms with Gasteiger partial charge in [-0.1, -0.05) is 13.8 Å². The van der Waals surface area contributed by atoms with Gasteiger partial charge in [-0.15, -0.1) is 21.5 Å². The van der Waals surface area contributed by atoms with Crippen molar-refractivity contribution in [2.45, 2.75) is 115 Å². The highest BCUT2D eigenvalue weighted by Gasteiger charge is 2.43. The van der Waals surface area contributed by atoms with Gasteiger partial charge in [0, 0.05) is 54.2 Å². The summed E-state index contributed by atoms with van der Waals surface area (Å²) in [5.41, 5.74) is 0. The summed E-state index contributed by atoms with van der Waals surface area (Å²) in [6, 6.07) is 7.06. The van der Waals surface area contributed by atoms with Crippen molar-refractivity contribution in [1.82, 2.24) is 25.0 Å². The molecule has 206 valence electrons. The molecule has 2 saturated heterocycles. The van der Waals surface area contributed by atoms with Crippen LogP contribution in [0, 0.1) is 24.2 Å². The van der Waals surface area contributed by atoms with Crippen LogP contribution in [0.3, 0.4) is 0 Å². The lowest BCUT2D eigenvalue weighted by Crippen LogP contribution is -2.45. The van der Waals surface area contributed by atoms with Crippen LogP contribution < -0.4 is 5.32 Å². The van der Waals surface area contributed by atoms with E-state index in [1.54, 1.807) is 6.07 Å². The molecule has 10 heteroatoms. The number of aromatic nitrogens is 3. The molecule has 2 aromatic rings. The first kappa shape index (κ1) is 27.2. The maximum absolute atomic E-state index is 13.6. The maximum atomic E-state index is 13.6. The number of fused-ring (bicyclic) bond motifs is 2. The van der Waals surface area contributed by atoms with Crippen molar-refractivity contribution in [2.24, 2.45) is 5.92 Å². The Balaban J connectivity index is 1.25. The minimum absolute atomic E-state index is 0.136. The highest BCUT2D eigenvalue weighted by molar-refractivity contribution is 7.12. The zero-order chi connectivity index (χ0) is 27.0. The smallest absolute Gasteiger partial charge is 0.248 e. The summed E-state index contributed by atoms with van der Waals surface area (Å²) in [4.78, 5) is 17.3. The first-order chi connectivity index (χ1) is 18.1. The molecule has 3 fully saturated rings. The summed E-state index contributed by atoms with van der Waals surface area (Å²) >= 11 is 1.41. The summed E-state index contributed by atoms with van der Waals surface area (Å²) in [6.07, 6.45) is 5.21. The van der Waals surface area contributed by atoms with E-state index >= 15 is 0 Å². The lowest BCUT2D eigenvalue weighted by molar-refractivity contribution is -0.130. The van der Waals surface area contributed by atoms with Gasteiger partial charge in [0.15, 0.2) is 0 Å². The molecule has 3 aliphatic rings. The molecule has 1 unspecified atom stereocenters. The number of thiophene rings is 1. The standard InChI is InChI=1S/C28H38F2N6OS/c1-17(2)26-34-33-18(3)36(26)22-14-20-4-5-21(15-22)35(20)13-10-24(25-7-6-23(16-31)38-25)32-27(37)19-8-11-28(29,30)12-9-19/h6-7,17,19-22,24H,4-5,8-15H2,1-3H3,(H,32,37)/t20-,21+,22?,24-/m0/s1. The normalized spacial score (nSPS) is 26.4. The molecule has 4 heterocycles. The quantitative estimate of drug-likeness (QED) is 0.448. The van der Waals surface area contributed by atoms with E-state index in [9.17, 15) is 18.8 Å². The van der Waals surface area contributed by atoms with Gasteiger partial charge in [0.25, 0.3) is 0 Å². The SMILES string of the molecule is Cc1nnc(C(C)C)n1C1C[C@H]2CC[C@@H](C1)N2CC[C@H](NC(=O)C1CCC(F)(F)CC1)c1ccc(C#N)s1. The van der Waals surface area contributed by atoms with E-state index in [1.807, 2.05) is 13.0 Å². The number of amides is 1. The Bertz CT molecular complexity index is 1160. The zero-order valence-corrected chi connectivity index (χ0v) is 23.3. The van der Waals surface area contributed by atoms with Crippen molar-refractivity contribution in [3.8, 4) is 6.07 Å². The second-order valence-corrected chi connectivity index (χ2v) is 12.8. The number of nitriles is 1. The molecule has 1 aliphatic carbocycles. The van der Waals surface area contributed by atoms with E-state index in [4.69, 9.17) is 0 Å². The number of hydrogen-bond acceptors (Lipinski definition) is 6. The number of halogens is 2. The average Bonchev–Trinajstić information content (AvgIpc) is 3.57. The van der Waals surface area contributed by atoms with E-state index in [0.29, 0.717) is 28.9 Å². The van der Waals surface area contributed by atoms with Gasteiger partial charge in [-0.3, -0.25) is 9.69 Å². The third kappa shape index (κ3) is 5.64. The molecule has 4 atom stereocenters. The zero-order valence-electron chi connectivity index (χ0n) is 22.5. The first-order valence-electron chi connectivity index (χ1n) is 14.0. The van der Waals surface area contributed by atoms with Crippen molar-refractivity contribution in [3.63, 3.8) is 0 Å². The molecule has 0 radical (unpaired) electrons. The molecular weight excluding hydrogens is 506 g/mol. The topological polar surface area (TPSA) is 86.8 Å². The molecule has 0 aromatic carbocycles. The van der Waals surface area contributed by atoms with Crippen LogP contribution in [0.1, 0.15) is 111 Å². The van der Waals surface area contributed by atoms with Gasteiger partial charge in [0.1, 0.15) is 22.6 Å². The van der Waals surface area contributed by atoms with Crippen LogP contribution >= 0.6 is 11.3 Å². The molecule has 1 saturated carbocycles. The van der Waals surface area contributed by atoms with Crippen LogP contribution in [0.5, 0.6) is 0 Å². The number of rotatable bonds is 8. The second-order valence-electron chi connectivity index (χ2n) is 11.7. The Morgan fingerprint density at radius 1 is 1.16 bits per heavy atom. The minimum atomic E-state index is -2.65. The number of hydrogen-bond donors (Lipinski definition) is 1. The highest BCUT2D eigenvalue weighted by Crippen LogP contribution is 2.43. The highest BCUT2D eigenvalue weighted by atomic mass is 32.1. The van der Waals surface area contributed by atoms with Gasteiger partial charge in [-0.05, 0) is 64.0 Å². The molecular formula is C28H38F2N6OS. The third-order valence-corrected chi connectivity index (χ3v) is 9.90. The van der Waals surface area contributed by atoms with Gasteiger partial charge in [0.05, 0.1) is 6.04 Å². The van der Waals surface area contributed by atoms with Crippen LogP contribution in [-0.2, 0) is 4.79 Å². The number of nitrogens with one attached hydrogen (secondary N) is 1. The molecule has 2 aromatic heterocycles. The fraction of sp³-hybridized carbons (Fsp3) is 0.714. The molecule has 0 spiro atoms. The molecule has 7 nitrogen and oxygen atoms in total. The summed E-state index contributed by atoms with van der Waals surface area (Å²) in [7, 11) is 0. The lowest BCUT2D eigenvalue weighted by Gasteiger charge is -2.40. The Labute approximate surface area is 227 Å². The predicted octanol–water partition coefficient (Wildman–Crippen LogP) is 5.88. The van der Waals surface area contributed by atoms with E-state index in [2.05, 4.69) is 44.9 Å². The van der Waals surface area contributed by atoms with Gasteiger partial charge in [-0.25, -0.2) is 8.78 Å². The van der Waals surface area contributed by atoms with E-state index in [0.717, 1.165) is 42.3 Å². The lowest BCUT2D eigenvalue weighted by atomic mass is 9.86. The van der Waals surface area contributed by atoms with Crippen molar-refractivity contribution in [2.75, 3.05) is 6.54 Å². The van der Waals surface area contributed by atoms with E-state index < -0.39 is 5.92 Å². The molecule has 38 heavy (non-hydrogen) atoms. The summed E-state index contributed by atoms with van der Waals surface area (Å²) in [6.45, 7) is 7.23. The maximum Gasteiger partial charge on any atom is 0.248 e. The van der Waals surface area contributed by atoms with Crippen LogP contribution in [0.25, 0.3) is 0 Å². The minimum Gasteiger partial charge on any atom is -0.348 e. The van der Waals surface area contributed by atoms with Crippen LogP contribution in [0.15, 0.2) is 12.1 Å². The molecule has 5 rings (SSSR count). The van der Waals surface area contributed by atoms with Gasteiger partial charge >= 0.3 is 0 Å². The summed E-state index contributed by atoms with van der Waals surface area (Å²) < 4.78 is 29.6. The van der Waals surface area contributed by atoms with Gasteiger partial charge in [0.2, 0.25) is 11.8 Å². The average molecular weight is 545 g/mol. The molecule has 2 bridgehead atoms. The Morgan fingerprint density at radius 3 is 2.45 bits per heavy atom. The van der Waals surface area contributed by atoms with Gasteiger partial charge < -0.3 is 9.88 Å². The number of alkyl halides is 2. The monoisotopic (exact) mass is 544 g/mol. The predicted molar refractivity (Wildman–Crippen MR) is 142 cm³/mol. The Hall–Kier alpha value is -2.38. The fourth-order valence-corrected chi connectivity index (χ4v) is 7.70. The molecule has 1 N–H and O–H groups in total. The largest absolute Gasteiger partial charge is 0.348 e. The van der Waals surface area contributed by atoms with E-state index in [1.165, 1.54) is 24.2 Å². The summed E-state index contributed by atoms with van der Waals surface area (Å²) in [5.74, 6) is -0.783. The van der Waals surface area contributed by atoms with E-state index in [-0.39, 0.29) is 43.6 Å². The van der Waals surface area contributed by atoms with Crippen molar-refractivity contribution >= 4 is 17.2 Å². The van der Waals surface area contributed by atoms with Crippen LogP contribution in [-0.4, -0.2) is 50.1 Å². The number of nitrogens with zero attached hydrogens (tertiary/aromatic N) is 5. The Kier molecular flexibility index (Phi) is 7.88.